The number of hydrogen-bond donors (Lipinski definition) is 1. The maximum atomic E-state index is 12.2. The fourth-order valence-electron chi connectivity index (χ4n) is 2.26. The molecule has 3 aromatic rings. The molecule has 0 unspecified atom stereocenters. The Kier molecular flexibility index (Phi) is 4.71. The Labute approximate surface area is 153 Å². The Morgan fingerprint density at radius 2 is 1.85 bits per heavy atom. The van der Waals surface area contributed by atoms with Crippen molar-refractivity contribution in [1.29, 1.82) is 0 Å². The lowest BCUT2D eigenvalue weighted by atomic mass is 10.2. The smallest absolute Gasteiger partial charge is 0.287 e. The number of benzene rings is 2. The van der Waals surface area contributed by atoms with Crippen molar-refractivity contribution in [3.63, 3.8) is 0 Å². The molecule has 26 heavy (non-hydrogen) atoms. The molecule has 7 nitrogen and oxygen atoms in total. The van der Waals surface area contributed by atoms with Crippen LogP contribution in [0.25, 0.3) is 11.0 Å². The highest BCUT2D eigenvalue weighted by Gasteiger charge is 2.16. The van der Waals surface area contributed by atoms with Crippen LogP contribution in [0.3, 0.4) is 0 Å². The van der Waals surface area contributed by atoms with E-state index in [9.17, 15) is 18.0 Å². The molecule has 0 aliphatic rings. The quantitative estimate of drug-likeness (QED) is 0.667. The summed E-state index contributed by atoms with van der Waals surface area (Å²) in [5, 5.41) is -0.831. The van der Waals surface area contributed by atoms with E-state index in [1.165, 1.54) is 12.1 Å². The molecule has 134 valence electrons. The molecule has 0 saturated heterocycles. The summed E-state index contributed by atoms with van der Waals surface area (Å²) in [6.45, 7) is 0. The lowest BCUT2D eigenvalue weighted by molar-refractivity contribution is 0.105. The molecule has 0 spiro atoms. The van der Waals surface area contributed by atoms with Gasteiger partial charge in [-0.3, -0.25) is 14.3 Å². The van der Waals surface area contributed by atoms with E-state index in [2.05, 4.69) is 4.72 Å². The summed E-state index contributed by atoms with van der Waals surface area (Å²) in [6.07, 6.45) is 0.971. The van der Waals surface area contributed by atoms with Crippen LogP contribution in [0.4, 0.5) is 5.69 Å². The summed E-state index contributed by atoms with van der Waals surface area (Å²) in [6, 6.07) is 12.2. The number of hydrogen-bond acceptors (Lipinski definition) is 6. The molecule has 0 radical (unpaired) electrons. The van der Waals surface area contributed by atoms with Gasteiger partial charge >= 0.3 is 0 Å². The molecule has 2 aromatic carbocycles. The molecular weight excluding hydrogens is 382 g/mol. The van der Waals surface area contributed by atoms with Crippen LogP contribution in [0.15, 0.2) is 57.7 Å². The third-order valence-electron chi connectivity index (χ3n) is 3.29. The molecule has 1 heterocycles. The number of fused-ring (bicyclic) bond motifs is 1. The van der Waals surface area contributed by atoms with Gasteiger partial charge in [0.2, 0.25) is 10.0 Å². The normalized spacial score (nSPS) is 11.3. The summed E-state index contributed by atoms with van der Waals surface area (Å²) < 4.78 is 36.6. The minimum absolute atomic E-state index is 0.00642. The van der Waals surface area contributed by atoms with Gasteiger partial charge in [-0.2, -0.15) is 0 Å². The van der Waals surface area contributed by atoms with Crippen molar-refractivity contribution in [3.05, 3.63) is 64.5 Å². The molecule has 0 aliphatic heterocycles. The van der Waals surface area contributed by atoms with Gasteiger partial charge in [0.1, 0.15) is 11.3 Å². The number of carbonyl (C=O) groups is 1. The molecule has 1 aromatic heterocycles. The second-order valence-corrected chi connectivity index (χ2v) is 7.47. The fraction of sp³-hybridized carbons (Fsp3) is 0.0588. The van der Waals surface area contributed by atoms with Gasteiger partial charge in [-0.15, -0.1) is 0 Å². The van der Waals surface area contributed by atoms with E-state index in [4.69, 9.17) is 20.8 Å². The third kappa shape index (κ3) is 4.04. The summed E-state index contributed by atoms with van der Waals surface area (Å²) in [7, 11) is -3.64. The molecule has 9 heteroatoms. The summed E-state index contributed by atoms with van der Waals surface area (Å²) in [5.41, 5.74) is -0.474. The zero-order valence-electron chi connectivity index (χ0n) is 13.4. The molecule has 0 fully saturated rings. The lowest BCUT2D eigenvalue weighted by Gasteiger charge is -2.13. The van der Waals surface area contributed by atoms with E-state index in [0.717, 1.165) is 12.3 Å². The standard InChI is InChI=1S/C17H12ClNO6S/c1-26(22,23)19-12-8-14-11(13(20)9-16(25-14)17(18)21)7-15(12)24-10-5-3-2-4-6-10/h2-9,19H,1H3. The topological polar surface area (TPSA) is 103 Å². The van der Waals surface area contributed by atoms with E-state index in [0.29, 0.717) is 5.75 Å². The molecule has 1 N–H and O–H groups in total. The van der Waals surface area contributed by atoms with Gasteiger partial charge in [0.05, 0.1) is 17.3 Å². The van der Waals surface area contributed by atoms with Crippen molar-refractivity contribution in [2.24, 2.45) is 0 Å². The first-order chi connectivity index (χ1) is 12.2. The maximum absolute atomic E-state index is 12.2. The van der Waals surface area contributed by atoms with Crippen LogP contribution < -0.4 is 14.9 Å². The first-order valence-electron chi connectivity index (χ1n) is 7.25. The Morgan fingerprint density at radius 3 is 2.46 bits per heavy atom. The highest BCUT2D eigenvalue weighted by Crippen LogP contribution is 2.34. The van der Waals surface area contributed by atoms with Crippen LogP contribution >= 0.6 is 11.6 Å². The number of anilines is 1. The molecular formula is C17H12ClNO6S. The number of carbonyl (C=O) groups excluding carboxylic acids is 1. The van der Waals surface area contributed by atoms with E-state index >= 15 is 0 Å². The minimum atomic E-state index is -3.64. The van der Waals surface area contributed by atoms with Crippen LogP contribution in [-0.2, 0) is 10.0 Å². The van der Waals surface area contributed by atoms with E-state index < -0.39 is 20.7 Å². The van der Waals surface area contributed by atoms with Gasteiger partial charge in [0.15, 0.2) is 16.9 Å². The third-order valence-corrected chi connectivity index (χ3v) is 4.07. The number of rotatable bonds is 5. The predicted octanol–water partition coefficient (Wildman–Crippen LogP) is 3.34. The largest absolute Gasteiger partial charge is 0.455 e. The van der Waals surface area contributed by atoms with Crippen molar-refractivity contribution in [1.82, 2.24) is 0 Å². The summed E-state index contributed by atoms with van der Waals surface area (Å²) >= 11 is 5.35. The number of halogens is 1. The first kappa shape index (κ1) is 18.0. The van der Waals surface area contributed by atoms with Gasteiger partial charge in [-0.25, -0.2) is 8.42 Å². The molecule has 0 amide bonds. The van der Waals surface area contributed by atoms with Gasteiger partial charge in [-0.05, 0) is 29.8 Å². The van der Waals surface area contributed by atoms with Crippen molar-refractivity contribution < 1.29 is 22.4 Å². The fourth-order valence-corrected chi connectivity index (χ4v) is 2.91. The second kappa shape index (κ2) is 6.81. The van der Waals surface area contributed by atoms with Crippen LogP contribution in [0.1, 0.15) is 10.6 Å². The van der Waals surface area contributed by atoms with Crippen molar-refractivity contribution in [2.45, 2.75) is 0 Å². The molecule has 0 bridgehead atoms. The van der Waals surface area contributed by atoms with E-state index in [1.807, 2.05) is 0 Å². The van der Waals surface area contributed by atoms with E-state index in [-0.39, 0.29) is 28.2 Å². The second-order valence-electron chi connectivity index (χ2n) is 5.38. The Balaban J connectivity index is 2.22. The first-order valence-corrected chi connectivity index (χ1v) is 9.52. The zero-order valence-corrected chi connectivity index (χ0v) is 14.9. The average molecular weight is 394 g/mol. The lowest BCUT2D eigenvalue weighted by Crippen LogP contribution is -2.11. The molecule has 0 aliphatic carbocycles. The number of sulfonamides is 1. The van der Waals surface area contributed by atoms with Crippen LogP contribution in [0.5, 0.6) is 11.5 Å². The van der Waals surface area contributed by atoms with Crippen molar-refractivity contribution >= 4 is 43.5 Å². The molecule has 0 saturated carbocycles. The Bertz CT molecular complexity index is 1160. The number of ether oxygens (including phenoxy) is 1. The van der Waals surface area contributed by atoms with Gasteiger partial charge in [0, 0.05) is 12.1 Å². The predicted molar refractivity (Wildman–Crippen MR) is 97.6 cm³/mol. The van der Waals surface area contributed by atoms with Crippen molar-refractivity contribution in [2.75, 3.05) is 11.0 Å². The van der Waals surface area contributed by atoms with Crippen LogP contribution in [0.2, 0.25) is 0 Å². The zero-order chi connectivity index (χ0) is 18.9. The van der Waals surface area contributed by atoms with Crippen LogP contribution in [-0.4, -0.2) is 19.9 Å². The summed E-state index contributed by atoms with van der Waals surface area (Å²) in [4.78, 5) is 23.5. The van der Waals surface area contributed by atoms with Gasteiger partial charge < -0.3 is 9.15 Å². The SMILES string of the molecule is CS(=O)(=O)Nc1cc2oc(C(=O)Cl)cc(=O)c2cc1Oc1ccccc1. The Hall–Kier alpha value is -2.84. The summed E-state index contributed by atoms with van der Waals surface area (Å²) in [5.74, 6) is 0.206. The molecule has 0 atom stereocenters. The highest BCUT2D eigenvalue weighted by atomic mass is 35.5. The van der Waals surface area contributed by atoms with Gasteiger partial charge in [0.25, 0.3) is 5.24 Å². The number of nitrogens with one attached hydrogen (secondary N) is 1. The van der Waals surface area contributed by atoms with E-state index in [1.54, 1.807) is 30.3 Å². The van der Waals surface area contributed by atoms with Crippen molar-refractivity contribution in [3.8, 4) is 11.5 Å². The maximum Gasteiger partial charge on any atom is 0.287 e. The number of para-hydroxylation sites is 1. The highest BCUT2D eigenvalue weighted by molar-refractivity contribution is 7.92. The Morgan fingerprint density at radius 1 is 1.15 bits per heavy atom. The molecule has 3 rings (SSSR count). The monoisotopic (exact) mass is 393 g/mol. The van der Waals surface area contributed by atoms with Gasteiger partial charge in [-0.1, -0.05) is 18.2 Å². The average Bonchev–Trinajstić information content (AvgIpc) is 2.55. The minimum Gasteiger partial charge on any atom is -0.455 e. The van der Waals surface area contributed by atoms with Crippen LogP contribution in [0, 0.1) is 0 Å².